The van der Waals surface area contributed by atoms with E-state index >= 15 is 0 Å². The van der Waals surface area contributed by atoms with Crippen molar-refractivity contribution in [3.63, 3.8) is 0 Å². The zero-order chi connectivity index (χ0) is 13.5. The van der Waals surface area contributed by atoms with Crippen molar-refractivity contribution in [2.24, 2.45) is 5.73 Å². The minimum atomic E-state index is -0.00725. The topological polar surface area (TPSA) is 41.3 Å². The van der Waals surface area contributed by atoms with Crippen molar-refractivity contribution in [1.82, 2.24) is 4.90 Å². The van der Waals surface area contributed by atoms with Gasteiger partial charge in [-0.05, 0) is 44.4 Å². The SMILES string of the molecule is CC1CC(CN)(Nc2cccc(Cl)c2)CN1C1CC1. The highest BCUT2D eigenvalue weighted by molar-refractivity contribution is 6.30. The van der Waals surface area contributed by atoms with Crippen LogP contribution in [-0.2, 0) is 0 Å². The maximum Gasteiger partial charge on any atom is 0.0637 e. The van der Waals surface area contributed by atoms with E-state index in [4.69, 9.17) is 17.3 Å². The second kappa shape index (κ2) is 4.97. The molecule has 3 N–H and O–H groups in total. The predicted molar refractivity (Wildman–Crippen MR) is 80.7 cm³/mol. The first kappa shape index (κ1) is 13.2. The van der Waals surface area contributed by atoms with Crippen molar-refractivity contribution in [3.8, 4) is 0 Å². The van der Waals surface area contributed by atoms with E-state index in [1.807, 2.05) is 18.2 Å². The van der Waals surface area contributed by atoms with Crippen LogP contribution in [-0.4, -0.2) is 35.6 Å². The van der Waals surface area contributed by atoms with Gasteiger partial charge in [-0.15, -0.1) is 0 Å². The lowest BCUT2D eigenvalue weighted by atomic mass is 9.96. The van der Waals surface area contributed by atoms with E-state index in [0.717, 1.165) is 29.7 Å². The van der Waals surface area contributed by atoms with Crippen LogP contribution in [0.1, 0.15) is 26.2 Å². The molecule has 0 bridgehead atoms. The first-order valence-electron chi connectivity index (χ1n) is 7.11. The van der Waals surface area contributed by atoms with Crippen molar-refractivity contribution >= 4 is 17.3 Å². The number of rotatable bonds is 4. The number of halogens is 1. The lowest BCUT2D eigenvalue weighted by Gasteiger charge is -2.30. The molecule has 19 heavy (non-hydrogen) atoms. The van der Waals surface area contributed by atoms with Gasteiger partial charge in [0, 0.05) is 35.9 Å². The third kappa shape index (κ3) is 2.73. The predicted octanol–water partition coefficient (Wildman–Crippen LogP) is 2.71. The normalized spacial score (nSPS) is 31.6. The quantitative estimate of drug-likeness (QED) is 0.890. The number of likely N-dealkylation sites (tertiary alicyclic amines) is 1. The maximum atomic E-state index is 6.08. The number of benzene rings is 1. The average molecular weight is 280 g/mol. The molecule has 1 aliphatic heterocycles. The van der Waals surface area contributed by atoms with Gasteiger partial charge in [-0.3, -0.25) is 4.90 Å². The molecule has 4 heteroatoms. The Hall–Kier alpha value is -0.770. The van der Waals surface area contributed by atoms with Crippen molar-refractivity contribution < 1.29 is 0 Å². The first-order valence-corrected chi connectivity index (χ1v) is 7.49. The minimum Gasteiger partial charge on any atom is -0.377 e. The number of nitrogens with one attached hydrogen (secondary N) is 1. The number of nitrogens with zero attached hydrogens (tertiary/aromatic N) is 1. The molecular weight excluding hydrogens is 258 g/mol. The van der Waals surface area contributed by atoms with Crippen LogP contribution < -0.4 is 11.1 Å². The highest BCUT2D eigenvalue weighted by atomic mass is 35.5. The van der Waals surface area contributed by atoms with Crippen LogP contribution in [0.5, 0.6) is 0 Å². The number of nitrogens with two attached hydrogens (primary N) is 1. The molecule has 0 radical (unpaired) electrons. The van der Waals surface area contributed by atoms with E-state index in [1.54, 1.807) is 0 Å². The summed E-state index contributed by atoms with van der Waals surface area (Å²) >= 11 is 6.06. The Balaban J connectivity index is 1.76. The second-order valence-electron chi connectivity index (χ2n) is 6.08. The Bertz CT molecular complexity index is 460. The fourth-order valence-electron chi connectivity index (χ4n) is 3.31. The average Bonchev–Trinajstić information content (AvgIpc) is 3.15. The standard InChI is InChI=1S/C15H22ClN3/c1-11-8-15(9-17,10-19(11)14-5-6-14)18-13-4-2-3-12(16)7-13/h2-4,7,11,14,18H,5-6,8-10,17H2,1H3. The summed E-state index contributed by atoms with van der Waals surface area (Å²) in [5, 5.41) is 4.40. The van der Waals surface area contributed by atoms with Crippen LogP contribution >= 0.6 is 11.6 Å². The lowest BCUT2D eigenvalue weighted by molar-refractivity contribution is 0.252. The second-order valence-corrected chi connectivity index (χ2v) is 6.51. The number of anilines is 1. The van der Waals surface area contributed by atoms with Gasteiger partial charge in [0.25, 0.3) is 0 Å². The molecule has 1 aromatic rings. The van der Waals surface area contributed by atoms with Crippen molar-refractivity contribution in [2.45, 2.75) is 43.8 Å². The molecule has 0 amide bonds. The van der Waals surface area contributed by atoms with Crippen LogP contribution in [0.25, 0.3) is 0 Å². The monoisotopic (exact) mass is 279 g/mol. The van der Waals surface area contributed by atoms with Crippen LogP contribution in [0.4, 0.5) is 5.69 Å². The molecule has 1 saturated carbocycles. The molecular formula is C15H22ClN3. The van der Waals surface area contributed by atoms with Crippen molar-refractivity contribution in [3.05, 3.63) is 29.3 Å². The largest absolute Gasteiger partial charge is 0.377 e. The summed E-state index contributed by atoms with van der Waals surface area (Å²) in [6.07, 6.45) is 3.80. The summed E-state index contributed by atoms with van der Waals surface area (Å²) in [6.45, 7) is 4.02. The zero-order valence-electron chi connectivity index (χ0n) is 11.4. The molecule has 1 aliphatic carbocycles. The number of hydrogen-bond acceptors (Lipinski definition) is 3. The number of hydrogen-bond donors (Lipinski definition) is 2. The Morgan fingerprint density at radius 3 is 2.89 bits per heavy atom. The molecule has 1 aromatic carbocycles. The van der Waals surface area contributed by atoms with E-state index in [0.29, 0.717) is 12.6 Å². The third-order valence-corrected chi connectivity index (χ3v) is 4.61. The summed E-state index contributed by atoms with van der Waals surface area (Å²) in [6, 6.07) is 9.32. The highest BCUT2D eigenvalue weighted by Crippen LogP contribution is 2.38. The van der Waals surface area contributed by atoms with Gasteiger partial charge >= 0.3 is 0 Å². The fourth-order valence-corrected chi connectivity index (χ4v) is 3.50. The Kier molecular flexibility index (Phi) is 3.46. The molecule has 104 valence electrons. The lowest BCUT2D eigenvalue weighted by Crippen LogP contribution is -2.48. The molecule has 1 heterocycles. The van der Waals surface area contributed by atoms with Crippen LogP contribution in [0, 0.1) is 0 Å². The molecule has 1 saturated heterocycles. The van der Waals surface area contributed by atoms with Gasteiger partial charge in [-0.25, -0.2) is 0 Å². The van der Waals surface area contributed by atoms with Gasteiger partial charge in [0.1, 0.15) is 0 Å². The smallest absolute Gasteiger partial charge is 0.0637 e. The molecule has 2 aliphatic rings. The summed E-state index contributed by atoms with van der Waals surface area (Å²) in [4.78, 5) is 2.62. The molecule has 2 fully saturated rings. The summed E-state index contributed by atoms with van der Waals surface area (Å²) in [5.41, 5.74) is 7.14. The molecule has 3 nitrogen and oxygen atoms in total. The molecule has 2 unspecified atom stereocenters. The van der Waals surface area contributed by atoms with E-state index in [9.17, 15) is 0 Å². The molecule has 0 spiro atoms. The van der Waals surface area contributed by atoms with Crippen LogP contribution in [0.15, 0.2) is 24.3 Å². The zero-order valence-corrected chi connectivity index (χ0v) is 12.2. The summed E-state index contributed by atoms with van der Waals surface area (Å²) in [5.74, 6) is 0. The van der Waals surface area contributed by atoms with Crippen molar-refractivity contribution in [2.75, 3.05) is 18.4 Å². The van der Waals surface area contributed by atoms with Crippen LogP contribution in [0.2, 0.25) is 5.02 Å². The minimum absolute atomic E-state index is 0.00725. The van der Waals surface area contributed by atoms with E-state index in [2.05, 4.69) is 23.2 Å². The van der Waals surface area contributed by atoms with Gasteiger partial charge in [-0.2, -0.15) is 0 Å². The van der Waals surface area contributed by atoms with E-state index < -0.39 is 0 Å². The Morgan fingerprint density at radius 2 is 2.26 bits per heavy atom. The molecule has 3 rings (SSSR count). The van der Waals surface area contributed by atoms with Gasteiger partial charge in [0.05, 0.1) is 5.54 Å². The maximum absolute atomic E-state index is 6.08. The fraction of sp³-hybridized carbons (Fsp3) is 0.600. The first-order chi connectivity index (χ1) is 9.12. The summed E-state index contributed by atoms with van der Waals surface area (Å²) < 4.78 is 0. The van der Waals surface area contributed by atoms with Gasteiger partial charge in [0.2, 0.25) is 0 Å². The van der Waals surface area contributed by atoms with Gasteiger partial charge < -0.3 is 11.1 Å². The van der Waals surface area contributed by atoms with E-state index in [-0.39, 0.29) is 5.54 Å². The molecule has 0 aromatic heterocycles. The van der Waals surface area contributed by atoms with Crippen molar-refractivity contribution in [1.29, 1.82) is 0 Å². The Labute approximate surface area is 120 Å². The Morgan fingerprint density at radius 1 is 1.47 bits per heavy atom. The van der Waals surface area contributed by atoms with Gasteiger partial charge in [-0.1, -0.05) is 17.7 Å². The highest BCUT2D eigenvalue weighted by Gasteiger charge is 2.46. The van der Waals surface area contributed by atoms with Gasteiger partial charge in [0.15, 0.2) is 0 Å². The third-order valence-electron chi connectivity index (χ3n) is 4.38. The van der Waals surface area contributed by atoms with E-state index in [1.165, 1.54) is 12.8 Å². The summed E-state index contributed by atoms with van der Waals surface area (Å²) in [7, 11) is 0. The van der Waals surface area contributed by atoms with Crippen LogP contribution in [0.3, 0.4) is 0 Å². The molecule has 2 atom stereocenters.